The molecule has 2 heterocycles. The second-order valence-electron chi connectivity index (χ2n) is 10.9. The average molecular weight is 578 g/mol. The van der Waals surface area contributed by atoms with Crippen molar-refractivity contribution in [3.63, 3.8) is 0 Å². The van der Waals surface area contributed by atoms with Gasteiger partial charge in [0.15, 0.2) is 0 Å². The fraction of sp³-hybridized carbons (Fsp3) is 0.840. The summed E-state index contributed by atoms with van der Waals surface area (Å²) in [7, 11) is 0. The van der Waals surface area contributed by atoms with Crippen LogP contribution in [0.5, 0.6) is 0 Å². The Morgan fingerprint density at radius 2 is 2.00 bits per heavy atom. The molecule has 39 heavy (non-hydrogen) atoms. The quantitative estimate of drug-likeness (QED) is 0.0769. The monoisotopic (exact) mass is 577 g/mol. The summed E-state index contributed by atoms with van der Waals surface area (Å²) in [6.07, 6.45) is -3.59. The molecule has 14 heteroatoms. The number of aliphatic hydroxyl groups is 3. The van der Waals surface area contributed by atoms with Gasteiger partial charge in [0, 0.05) is 11.5 Å². The molecule has 0 aliphatic carbocycles. The van der Waals surface area contributed by atoms with Crippen molar-refractivity contribution in [2.75, 3.05) is 19.8 Å². The summed E-state index contributed by atoms with van der Waals surface area (Å²) in [5, 5.41) is 36.7. The van der Waals surface area contributed by atoms with E-state index in [4.69, 9.17) is 26.6 Å². The third-order valence-corrected chi connectivity index (χ3v) is 7.00. The zero-order valence-corrected chi connectivity index (χ0v) is 23.6. The van der Waals surface area contributed by atoms with Crippen molar-refractivity contribution in [2.24, 2.45) is 5.11 Å². The smallest absolute Gasteiger partial charge is 0.410 e. The molecule has 0 saturated carbocycles. The number of carbonyl (C=O) groups excluding carboxylic acids is 2. The molecule has 2 aliphatic rings. The van der Waals surface area contributed by atoms with Crippen LogP contribution >= 0.6 is 11.6 Å². The largest absolute Gasteiger partial charge is 0.444 e. The number of nitrogens with one attached hydrogen (secondary N) is 1. The minimum Gasteiger partial charge on any atom is -0.444 e. The van der Waals surface area contributed by atoms with Crippen molar-refractivity contribution in [1.82, 2.24) is 10.2 Å². The molecule has 0 aromatic heterocycles. The summed E-state index contributed by atoms with van der Waals surface area (Å²) in [5.41, 5.74) is 8.85. The first kappa shape index (κ1) is 33.1. The van der Waals surface area contributed by atoms with Gasteiger partial charge in [-0.1, -0.05) is 16.8 Å². The minimum atomic E-state index is -1.65. The average Bonchev–Trinajstić information content (AvgIpc) is 3.07. The predicted molar refractivity (Wildman–Crippen MR) is 142 cm³/mol. The lowest BCUT2D eigenvalue weighted by molar-refractivity contribution is -0.225. The van der Waals surface area contributed by atoms with E-state index in [-0.39, 0.29) is 19.5 Å². The summed E-state index contributed by atoms with van der Waals surface area (Å²) in [4.78, 5) is 30.7. The number of rotatable bonds is 10. The van der Waals surface area contributed by atoms with E-state index in [0.717, 1.165) is 5.57 Å². The first-order valence-electron chi connectivity index (χ1n) is 13.2. The number of ether oxygens (including phenoxy) is 2. The first-order valence-corrected chi connectivity index (χ1v) is 13.6. The highest BCUT2D eigenvalue weighted by molar-refractivity contribution is 6.21. The van der Waals surface area contributed by atoms with Crippen molar-refractivity contribution >= 4 is 23.6 Å². The maximum atomic E-state index is 13.6. The summed E-state index contributed by atoms with van der Waals surface area (Å²) in [6, 6.07) is -2.03. The fourth-order valence-electron chi connectivity index (χ4n) is 4.65. The molecular weight excluding hydrogens is 537 g/mol. The summed E-state index contributed by atoms with van der Waals surface area (Å²) >= 11 is 6.39. The van der Waals surface area contributed by atoms with Crippen LogP contribution in [0.4, 0.5) is 9.18 Å². The van der Waals surface area contributed by atoms with E-state index in [1.807, 2.05) is 6.08 Å². The maximum absolute atomic E-state index is 13.6. The Balaban J connectivity index is 2.30. The number of hydrogen-bond acceptors (Lipinski definition) is 8. The molecule has 1 saturated heterocycles. The van der Waals surface area contributed by atoms with Crippen LogP contribution in [0, 0.1) is 0 Å². The first-order chi connectivity index (χ1) is 18.3. The lowest BCUT2D eigenvalue weighted by atomic mass is 9.89. The molecule has 0 spiro atoms. The Morgan fingerprint density at radius 3 is 2.59 bits per heavy atom. The van der Waals surface area contributed by atoms with Crippen LogP contribution in [-0.4, -0.2) is 106 Å². The number of azide groups is 1. The highest BCUT2D eigenvalue weighted by Crippen LogP contribution is 2.28. The molecule has 12 nitrogen and oxygen atoms in total. The molecule has 0 aromatic rings. The normalized spacial score (nSPS) is 29.4. The number of amides is 2. The Labute approximate surface area is 233 Å². The van der Waals surface area contributed by atoms with E-state index >= 15 is 0 Å². The van der Waals surface area contributed by atoms with E-state index in [1.165, 1.54) is 4.90 Å². The molecule has 3 unspecified atom stereocenters. The number of nitrogens with zero attached hydrogens (tertiary/aromatic N) is 4. The zero-order valence-electron chi connectivity index (χ0n) is 22.9. The second kappa shape index (κ2) is 15.0. The molecule has 2 amide bonds. The lowest BCUT2D eigenvalue weighted by Crippen LogP contribution is -2.66. The molecule has 4 N–H and O–H groups in total. The second-order valence-corrected chi connectivity index (χ2v) is 11.6. The topological polar surface area (TPSA) is 177 Å². The molecular formula is C25H41ClFN5O7. The number of unbranched alkanes of at least 4 members (excludes halogenated alkanes) is 1. The van der Waals surface area contributed by atoms with Gasteiger partial charge in [-0.3, -0.25) is 14.1 Å². The van der Waals surface area contributed by atoms with Gasteiger partial charge in [0.1, 0.15) is 36.1 Å². The van der Waals surface area contributed by atoms with Gasteiger partial charge >= 0.3 is 6.09 Å². The Kier molecular flexibility index (Phi) is 12.7. The van der Waals surface area contributed by atoms with Crippen LogP contribution < -0.4 is 5.32 Å². The van der Waals surface area contributed by atoms with Crippen LogP contribution in [0.1, 0.15) is 59.8 Å². The van der Waals surface area contributed by atoms with Gasteiger partial charge in [0.05, 0.1) is 30.7 Å². The maximum Gasteiger partial charge on any atom is 0.410 e. The molecule has 0 aromatic carbocycles. The van der Waals surface area contributed by atoms with Crippen LogP contribution in [0.2, 0.25) is 0 Å². The van der Waals surface area contributed by atoms with Crippen LogP contribution in [-0.2, 0) is 14.3 Å². The van der Waals surface area contributed by atoms with Crippen molar-refractivity contribution < 1.29 is 38.8 Å². The molecule has 222 valence electrons. The number of alkyl halides is 2. The molecule has 0 bridgehead atoms. The Morgan fingerprint density at radius 1 is 1.31 bits per heavy atom. The Hall–Kier alpha value is -2.15. The fourth-order valence-corrected chi connectivity index (χ4v) is 4.86. The van der Waals surface area contributed by atoms with Crippen molar-refractivity contribution in [2.45, 2.75) is 113 Å². The number of aliphatic hydroxyl groups excluding tert-OH is 3. The third-order valence-electron chi connectivity index (χ3n) is 6.72. The molecule has 2 rings (SSSR count). The molecule has 8 atom stereocenters. The van der Waals surface area contributed by atoms with Gasteiger partial charge in [-0.25, -0.2) is 4.79 Å². The highest BCUT2D eigenvalue weighted by Gasteiger charge is 2.48. The molecule has 2 aliphatic heterocycles. The van der Waals surface area contributed by atoms with Gasteiger partial charge in [-0.05, 0) is 65.3 Å². The standard InChI is InChI=1S/C25H41ClFN5O7/c1-14(26)18(22-21(35)20(34)19(33)17(38-22)13-29-31-28)30-23(36)16-9-8-15(7-5-6-11-27)10-12-32(16)24(37)39-25(2,3)4/h8,14,16-22,33-35H,5-7,9-13H2,1-4H3,(H,30,36)/t14-,16-,17?,18+,19-,20?,21?,22+/m0/s1. The predicted octanol–water partition coefficient (Wildman–Crippen LogP) is 2.72. The van der Waals surface area contributed by atoms with Crippen molar-refractivity contribution in [3.8, 4) is 0 Å². The summed E-state index contributed by atoms with van der Waals surface area (Å²) in [5.74, 6) is -0.581. The van der Waals surface area contributed by atoms with E-state index in [9.17, 15) is 29.3 Å². The van der Waals surface area contributed by atoms with Gasteiger partial charge < -0.3 is 30.1 Å². The van der Waals surface area contributed by atoms with Gasteiger partial charge in [0.2, 0.25) is 5.91 Å². The van der Waals surface area contributed by atoms with Crippen molar-refractivity contribution in [1.29, 1.82) is 0 Å². The van der Waals surface area contributed by atoms with Crippen molar-refractivity contribution in [3.05, 3.63) is 22.1 Å². The third kappa shape index (κ3) is 9.47. The zero-order chi connectivity index (χ0) is 29.3. The number of hydrogen-bond donors (Lipinski definition) is 4. The van der Waals surface area contributed by atoms with Gasteiger partial charge in [0.25, 0.3) is 0 Å². The highest BCUT2D eigenvalue weighted by atomic mass is 35.5. The van der Waals surface area contributed by atoms with Crippen LogP contribution in [0.25, 0.3) is 10.4 Å². The Bertz CT molecular complexity index is 912. The SMILES string of the molecule is C[C@H](Cl)[C@@H](NC(=O)[C@@H]1CC=C(CCCCF)CCN1C(=O)OC(C)(C)C)[C@H]1OC(CN=[N+]=[N-])[C@H](O)C(O)C1O. The van der Waals surface area contributed by atoms with Gasteiger partial charge in [-0.2, -0.15) is 0 Å². The van der Waals surface area contributed by atoms with E-state index in [0.29, 0.717) is 25.7 Å². The number of carbonyl (C=O) groups is 2. The summed E-state index contributed by atoms with van der Waals surface area (Å²) < 4.78 is 23.9. The van der Waals surface area contributed by atoms with Crippen LogP contribution in [0.3, 0.4) is 0 Å². The lowest BCUT2D eigenvalue weighted by Gasteiger charge is -2.44. The van der Waals surface area contributed by atoms with E-state index in [2.05, 4.69) is 15.3 Å². The molecule has 0 radical (unpaired) electrons. The molecule has 1 fully saturated rings. The van der Waals surface area contributed by atoms with Crippen LogP contribution in [0.15, 0.2) is 16.8 Å². The van der Waals surface area contributed by atoms with E-state index < -0.39 is 72.3 Å². The summed E-state index contributed by atoms with van der Waals surface area (Å²) in [6.45, 7) is 6.19. The number of halogens is 2. The van der Waals surface area contributed by atoms with E-state index in [1.54, 1.807) is 27.7 Å². The minimum absolute atomic E-state index is 0.175. The van der Waals surface area contributed by atoms with Gasteiger partial charge in [-0.15, -0.1) is 11.6 Å².